The molecule has 3 rings (SSSR count). The quantitative estimate of drug-likeness (QED) is 0.646. The van der Waals surface area contributed by atoms with Crippen molar-refractivity contribution in [3.63, 3.8) is 0 Å². The van der Waals surface area contributed by atoms with E-state index in [0.717, 1.165) is 47.1 Å². The first-order valence-corrected chi connectivity index (χ1v) is 9.76. The van der Waals surface area contributed by atoms with Crippen LogP contribution in [0.4, 0.5) is 5.69 Å². The van der Waals surface area contributed by atoms with Gasteiger partial charge in [-0.3, -0.25) is 4.79 Å². The summed E-state index contributed by atoms with van der Waals surface area (Å²) in [5, 5.41) is 16.4. The van der Waals surface area contributed by atoms with Crippen LogP contribution in [0.2, 0.25) is 0 Å². The van der Waals surface area contributed by atoms with Crippen LogP contribution in [0.5, 0.6) is 0 Å². The van der Waals surface area contributed by atoms with Crippen LogP contribution in [0.25, 0.3) is 0 Å². The molecule has 6 heteroatoms. The lowest BCUT2D eigenvalue weighted by molar-refractivity contribution is 0.0717. The van der Waals surface area contributed by atoms with Crippen LogP contribution in [-0.2, 0) is 6.54 Å². The van der Waals surface area contributed by atoms with Gasteiger partial charge in [-0.2, -0.15) is 0 Å². The highest BCUT2D eigenvalue weighted by molar-refractivity contribution is 9.10. The number of benzene rings is 1. The van der Waals surface area contributed by atoms with E-state index in [-0.39, 0.29) is 11.9 Å². The van der Waals surface area contributed by atoms with Crippen molar-refractivity contribution in [3.8, 4) is 0 Å². The van der Waals surface area contributed by atoms with Crippen molar-refractivity contribution < 1.29 is 9.90 Å². The molecule has 2 aromatic rings. The Labute approximate surface area is 162 Å². The molecule has 0 unspecified atom stereocenters. The Hall–Kier alpha value is -1.92. The van der Waals surface area contributed by atoms with E-state index in [2.05, 4.69) is 31.5 Å². The van der Waals surface area contributed by atoms with E-state index >= 15 is 0 Å². The maximum atomic E-state index is 12.6. The normalized spacial score (nSPS) is 19.8. The second-order valence-electron chi connectivity index (χ2n) is 6.80. The van der Waals surface area contributed by atoms with Gasteiger partial charge >= 0.3 is 0 Å². The standard InChI is InChI=1S/C20H24BrN3O2/c1-13-6-8-15(20(26)24-16-4-2-3-5-18(16)25)10-17(13)22-11-14-7-9-19(21)23-12-14/h6-10,12,16,18,22,25H,2-5,11H2,1H3,(H,24,26)/t16-,18-/m0/s1. The third kappa shape index (κ3) is 4.83. The van der Waals surface area contributed by atoms with Crippen molar-refractivity contribution in [1.29, 1.82) is 0 Å². The molecular weight excluding hydrogens is 394 g/mol. The summed E-state index contributed by atoms with van der Waals surface area (Å²) in [6, 6.07) is 9.39. The number of hydrogen-bond acceptors (Lipinski definition) is 4. The minimum absolute atomic E-state index is 0.135. The molecule has 138 valence electrons. The molecule has 0 aliphatic heterocycles. The van der Waals surface area contributed by atoms with E-state index in [1.54, 1.807) is 0 Å². The minimum Gasteiger partial charge on any atom is -0.391 e. The van der Waals surface area contributed by atoms with Crippen LogP contribution in [0.15, 0.2) is 41.1 Å². The Morgan fingerprint density at radius 1 is 1.27 bits per heavy atom. The minimum atomic E-state index is -0.444. The number of carbonyl (C=O) groups is 1. The number of aromatic nitrogens is 1. The molecule has 1 aromatic heterocycles. The van der Waals surface area contributed by atoms with Crippen molar-refractivity contribution in [2.45, 2.75) is 51.3 Å². The molecular formula is C20H24BrN3O2. The van der Waals surface area contributed by atoms with Gasteiger partial charge in [0, 0.05) is 24.0 Å². The van der Waals surface area contributed by atoms with Crippen molar-refractivity contribution >= 4 is 27.5 Å². The zero-order valence-corrected chi connectivity index (χ0v) is 16.4. The zero-order valence-electron chi connectivity index (χ0n) is 14.8. The molecule has 1 fully saturated rings. The number of aryl methyl sites for hydroxylation is 1. The Morgan fingerprint density at radius 3 is 2.81 bits per heavy atom. The first-order chi connectivity index (χ1) is 12.5. The van der Waals surface area contributed by atoms with Crippen LogP contribution >= 0.6 is 15.9 Å². The molecule has 1 aliphatic carbocycles. The Morgan fingerprint density at radius 2 is 2.08 bits per heavy atom. The monoisotopic (exact) mass is 417 g/mol. The third-order valence-electron chi connectivity index (χ3n) is 4.82. The highest BCUT2D eigenvalue weighted by Crippen LogP contribution is 2.21. The summed E-state index contributed by atoms with van der Waals surface area (Å²) in [4.78, 5) is 16.8. The van der Waals surface area contributed by atoms with Gasteiger partial charge in [0.25, 0.3) is 5.91 Å². The molecule has 0 saturated heterocycles. The fourth-order valence-electron chi connectivity index (χ4n) is 3.19. The molecule has 3 N–H and O–H groups in total. The molecule has 0 radical (unpaired) electrons. The van der Waals surface area contributed by atoms with E-state index in [0.29, 0.717) is 12.1 Å². The summed E-state index contributed by atoms with van der Waals surface area (Å²) in [6.07, 6.45) is 5.03. The van der Waals surface area contributed by atoms with Crippen molar-refractivity contribution in [2.24, 2.45) is 0 Å². The fourth-order valence-corrected chi connectivity index (χ4v) is 3.43. The van der Waals surface area contributed by atoms with Crippen molar-refractivity contribution in [3.05, 3.63) is 57.8 Å². The summed E-state index contributed by atoms with van der Waals surface area (Å²) in [7, 11) is 0. The average molecular weight is 418 g/mol. The maximum Gasteiger partial charge on any atom is 0.251 e. The Balaban J connectivity index is 1.66. The Kier molecular flexibility index (Phi) is 6.27. The number of pyridine rings is 1. The van der Waals surface area contributed by atoms with Crippen LogP contribution in [0.3, 0.4) is 0 Å². The van der Waals surface area contributed by atoms with Gasteiger partial charge in [-0.15, -0.1) is 0 Å². The number of halogens is 1. The lowest BCUT2D eigenvalue weighted by atomic mass is 9.92. The molecule has 26 heavy (non-hydrogen) atoms. The summed E-state index contributed by atoms with van der Waals surface area (Å²) in [5.74, 6) is -0.135. The maximum absolute atomic E-state index is 12.6. The molecule has 0 spiro atoms. The first kappa shape index (κ1) is 18.9. The SMILES string of the molecule is Cc1ccc(C(=O)N[C@H]2CCCC[C@@H]2O)cc1NCc1ccc(Br)nc1. The largest absolute Gasteiger partial charge is 0.391 e. The Bertz CT molecular complexity index is 764. The van der Waals surface area contributed by atoms with E-state index in [1.165, 1.54) is 0 Å². The number of hydrogen-bond donors (Lipinski definition) is 3. The fraction of sp³-hybridized carbons (Fsp3) is 0.400. The summed E-state index contributed by atoms with van der Waals surface area (Å²) in [6.45, 7) is 2.64. The zero-order chi connectivity index (χ0) is 18.5. The predicted molar refractivity (Wildman–Crippen MR) is 106 cm³/mol. The number of anilines is 1. The van der Waals surface area contributed by atoms with Gasteiger partial charge in [0.2, 0.25) is 0 Å². The summed E-state index contributed by atoms with van der Waals surface area (Å²) >= 11 is 3.33. The predicted octanol–water partition coefficient (Wildman–Crippen LogP) is 3.80. The highest BCUT2D eigenvalue weighted by atomic mass is 79.9. The second kappa shape index (κ2) is 8.64. The van der Waals surface area contributed by atoms with Gasteiger partial charge in [-0.1, -0.05) is 25.0 Å². The summed E-state index contributed by atoms with van der Waals surface area (Å²) in [5.41, 5.74) is 3.66. The molecule has 5 nitrogen and oxygen atoms in total. The number of amides is 1. The lowest BCUT2D eigenvalue weighted by Gasteiger charge is -2.28. The average Bonchev–Trinajstić information content (AvgIpc) is 2.64. The number of aliphatic hydroxyl groups excluding tert-OH is 1. The van der Waals surface area contributed by atoms with Crippen LogP contribution in [0, 0.1) is 6.92 Å². The molecule has 1 aliphatic rings. The molecule has 1 saturated carbocycles. The molecule has 1 amide bonds. The van der Waals surface area contributed by atoms with Gasteiger partial charge in [-0.25, -0.2) is 4.98 Å². The lowest BCUT2D eigenvalue weighted by Crippen LogP contribution is -2.45. The van der Waals surface area contributed by atoms with Gasteiger partial charge in [0.15, 0.2) is 0 Å². The van der Waals surface area contributed by atoms with Crippen LogP contribution < -0.4 is 10.6 Å². The van der Waals surface area contributed by atoms with Crippen molar-refractivity contribution in [1.82, 2.24) is 10.3 Å². The first-order valence-electron chi connectivity index (χ1n) is 8.97. The van der Waals surface area contributed by atoms with Crippen LogP contribution in [-0.4, -0.2) is 28.1 Å². The topological polar surface area (TPSA) is 74.2 Å². The van der Waals surface area contributed by atoms with E-state index in [1.807, 2.05) is 43.5 Å². The number of aliphatic hydroxyl groups is 1. The summed E-state index contributed by atoms with van der Waals surface area (Å²) < 4.78 is 0.806. The van der Waals surface area contributed by atoms with Crippen LogP contribution in [0.1, 0.15) is 47.2 Å². The smallest absolute Gasteiger partial charge is 0.251 e. The number of carbonyl (C=O) groups excluding carboxylic acids is 1. The van der Waals surface area contributed by atoms with Gasteiger partial charge in [0.1, 0.15) is 4.60 Å². The molecule has 1 aromatic carbocycles. The van der Waals surface area contributed by atoms with Crippen molar-refractivity contribution in [2.75, 3.05) is 5.32 Å². The second-order valence-corrected chi connectivity index (χ2v) is 7.62. The van der Waals surface area contributed by atoms with E-state index < -0.39 is 6.10 Å². The van der Waals surface area contributed by atoms with Gasteiger partial charge < -0.3 is 15.7 Å². The van der Waals surface area contributed by atoms with E-state index in [4.69, 9.17) is 0 Å². The number of nitrogens with one attached hydrogen (secondary N) is 2. The molecule has 2 atom stereocenters. The highest BCUT2D eigenvalue weighted by Gasteiger charge is 2.24. The third-order valence-corrected chi connectivity index (χ3v) is 5.29. The number of rotatable bonds is 5. The van der Waals surface area contributed by atoms with Gasteiger partial charge in [-0.05, 0) is 65.0 Å². The molecule has 1 heterocycles. The van der Waals surface area contributed by atoms with Gasteiger partial charge in [0.05, 0.1) is 12.1 Å². The number of nitrogens with zero attached hydrogens (tertiary/aromatic N) is 1. The van der Waals surface area contributed by atoms with E-state index in [9.17, 15) is 9.90 Å². The molecule has 0 bridgehead atoms.